The molecule has 1 heterocycles. The van der Waals surface area contributed by atoms with Gasteiger partial charge in [0.1, 0.15) is 5.82 Å². The van der Waals surface area contributed by atoms with Crippen molar-refractivity contribution in [3.8, 4) is 0 Å². The molecule has 2 aromatic rings. The lowest BCUT2D eigenvalue weighted by Crippen LogP contribution is -2.12. The number of aryl methyl sites for hydroxylation is 1. The van der Waals surface area contributed by atoms with Crippen molar-refractivity contribution in [1.82, 2.24) is 10.2 Å². The van der Waals surface area contributed by atoms with E-state index in [4.69, 9.17) is 0 Å². The fourth-order valence-electron chi connectivity index (χ4n) is 1.49. The topological polar surface area (TPSA) is 66.9 Å². The minimum Gasteiger partial charge on any atom is -0.360 e. The highest BCUT2D eigenvalue weighted by Crippen LogP contribution is 2.25. The fourth-order valence-corrected chi connectivity index (χ4v) is 2.54. The number of hydrogen-bond acceptors (Lipinski definition) is 5. The first-order valence-electron chi connectivity index (χ1n) is 5.85. The van der Waals surface area contributed by atoms with E-state index in [1.165, 1.54) is 23.5 Å². The molecule has 1 aromatic heterocycles. The van der Waals surface area contributed by atoms with Gasteiger partial charge in [-0.05, 0) is 47.5 Å². The summed E-state index contributed by atoms with van der Waals surface area (Å²) in [5.74, 6) is -0.737. The third-order valence-corrected chi connectivity index (χ3v) is 3.95. The molecule has 0 bridgehead atoms. The van der Waals surface area contributed by atoms with Gasteiger partial charge in [0.05, 0.1) is 4.47 Å². The van der Waals surface area contributed by atoms with Gasteiger partial charge in [-0.25, -0.2) is 4.39 Å². The second-order valence-corrected chi connectivity index (χ2v) is 5.81. The molecule has 106 valence electrons. The van der Waals surface area contributed by atoms with Gasteiger partial charge in [0, 0.05) is 12.2 Å². The predicted octanol–water partition coefficient (Wildman–Crippen LogP) is 3.43. The van der Waals surface area contributed by atoms with E-state index in [-0.39, 0.29) is 16.7 Å². The van der Waals surface area contributed by atoms with Crippen LogP contribution in [-0.2, 0) is 0 Å². The maximum absolute atomic E-state index is 13.3. The van der Waals surface area contributed by atoms with Crippen LogP contribution in [0.25, 0.3) is 0 Å². The Bertz CT molecular complexity index is 646. The highest BCUT2D eigenvalue weighted by molar-refractivity contribution is 9.10. The third-order valence-electron chi connectivity index (χ3n) is 2.46. The molecule has 5 nitrogen and oxygen atoms in total. The maximum Gasteiger partial charge on any atom is 0.286 e. The number of halogens is 2. The summed E-state index contributed by atoms with van der Waals surface area (Å²) in [7, 11) is 0. The number of nitrogens with one attached hydrogen (secondary N) is 2. The Kier molecular flexibility index (Phi) is 4.66. The van der Waals surface area contributed by atoms with E-state index in [1.807, 2.05) is 6.92 Å². The average Bonchev–Trinajstić information content (AvgIpc) is 2.85. The number of aromatic nitrogens is 2. The number of nitrogens with zero attached hydrogens (tertiary/aromatic N) is 2. The van der Waals surface area contributed by atoms with Gasteiger partial charge in [-0.1, -0.05) is 11.3 Å². The minimum atomic E-state index is -0.370. The van der Waals surface area contributed by atoms with Gasteiger partial charge in [-0.2, -0.15) is 0 Å². The summed E-state index contributed by atoms with van der Waals surface area (Å²) in [6.45, 7) is 4.36. The molecule has 0 spiro atoms. The molecule has 2 N–H and O–H groups in total. The molecule has 8 heteroatoms. The number of hydrogen-bond donors (Lipinski definition) is 2. The van der Waals surface area contributed by atoms with Crippen LogP contribution in [0.3, 0.4) is 0 Å². The molecule has 1 aromatic carbocycles. The largest absolute Gasteiger partial charge is 0.360 e. The summed E-state index contributed by atoms with van der Waals surface area (Å²) in [4.78, 5) is 12.0. The lowest BCUT2D eigenvalue weighted by atomic mass is 10.2. The van der Waals surface area contributed by atoms with Crippen molar-refractivity contribution >= 4 is 44.0 Å². The molecule has 0 radical (unpaired) electrons. The number of carbonyl (C=O) groups is 1. The first kappa shape index (κ1) is 14.9. The standard InChI is InChI=1S/C12H12BrFN4OS/c1-3-15-12-18-17-11(20-12)10(19)16-9-5-7(13)8(14)4-6(9)2/h4-5H,3H2,1-2H3,(H,15,18)(H,16,19). The van der Waals surface area contributed by atoms with Gasteiger partial charge in [0.15, 0.2) is 0 Å². The molecule has 0 fully saturated rings. The molecule has 0 aliphatic heterocycles. The van der Waals surface area contributed by atoms with E-state index in [9.17, 15) is 9.18 Å². The highest BCUT2D eigenvalue weighted by Gasteiger charge is 2.14. The van der Waals surface area contributed by atoms with Gasteiger partial charge >= 0.3 is 0 Å². The first-order valence-corrected chi connectivity index (χ1v) is 7.46. The normalized spacial score (nSPS) is 10.4. The molecular formula is C12H12BrFN4OS. The van der Waals surface area contributed by atoms with E-state index in [0.29, 0.717) is 27.4 Å². The van der Waals surface area contributed by atoms with Crippen LogP contribution in [0.4, 0.5) is 15.2 Å². The number of rotatable bonds is 4. The molecule has 0 unspecified atom stereocenters. The molecular weight excluding hydrogens is 347 g/mol. The number of anilines is 2. The lowest BCUT2D eigenvalue weighted by molar-refractivity contribution is 0.102. The van der Waals surface area contributed by atoms with Crippen molar-refractivity contribution in [1.29, 1.82) is 0 Å². The molecule has 0 saturated heterocycles. The van der Waals surface area contributed by atoms with Crippen LogP contribution < -0.4 is 10.6 Å². The maximum atomic E-state index is 13.3. The smallest absolute Gasteiger partial charge is 0.286 e. The van der Waals surface area contributed by atoms with E-state index >= 15 is 0 Å². The van der Waals surface area contributed by atoms with Crippen LogP contribution >= 0.6 is 27.3 Å². The predicted molar refractivity (Wildman–Crippen MR) is 80.9 cm³/mol. The highest BCUT2D eigenvalue weighted by atomic mass is 79.9. The fraction of sp³-hybridized carbons (Fsp3) is 0.250. The molecule has 2 rings (SSSR count). The minimum absolute atomic E-state index is 0.251. The van der Waals surface area contributed by atoms with Crippen LogP contribution in [-0.4, -0.2) is 22.6 Å². The van der Waals surface area contributed by atoms with Crippen molar-refractivity contribution in [2.45, 2.75) is 13.8 Å². The van der Waals surface area contributed by atoms with E-state index in [2.05, 4.69) is 36.8 Å². The average molecular weight is 359 g/mol. The van der Waals surface area contributed by atoms with Gasteiger partial charge in [0.2, 0.25) is 10.1 Å². The van der Waals surface area contributed by atoms with Gasteiger partial charge in [-0.15, -0.1) is 10.2 Å². The van der Waals surface area contributed by atoms with Crippen LogP contribution in [0, 0.1) is 12.7 Å². The third kappa shape index (κ3) is 3.31. The molecule has 0 saturated carbocycles. The quantitative estimate of drug-likeness (QED) is 0.878. The Labute approximate surface area is 127 Å². The second kappa shape index (κ2) is 6.27. The first-order chi connectivity index (χ1) is 9.51. The van der Waals surface area contributed by atoms with Crippen molar-refractivity contribution in [2.75, 3.05) is 17.2 Å². The summed E-state index contributed by atoms with van der Waals surface area (Å²) in [6.07, 6.45) is 0. The summed E-state index contributed by atoms with van der Waals surface area (Å²) < 4.78 is 13.6. The van der Waals surface area contributed by atoms with Crippen LogP contribution in [0.15, 0.2) is 16.6 Å². The Morgan fingerprint density at radius 1 is 1.45 bits per heavy atom. The number of benzene rings is 1. The SMILES string of the molecule is CCNc1nnc(C(=O)Nc2cc(Br)c(F)cc2C)s1. The zero-order valence-electron chi connectivity index (χ0n) is 10.8. The van der Waals surface area contributed by atoms with Crippen molar-refractivity contribution in [3.63, 3.8) is 0 Å². The Balaban J connectivity index is 2.16. The molecule has 0 atom stereocenters. The van der Waals surface area contributed by atoms with Crippen molar-refractivity contribution in [2.24, 2.45) is 0 Å². The number of amides is 1. The van der Waals surface area contributed by atoms with Crippen LogP contribution in [0.1, 0.15) is 22.3 Å². The summed E-state index contributed by atoms with van der Waals surface area (Å²) in [5.41, 5.74) is 1.17. The molecule has 0 aliphatic carbocycles. The summed E-state index contributed by atoms with van der Waals surface area (Å²) in [5, 5.41) is 14.2. The summed E-state index contributed by atoms with van der Waals surface area (Å²) >= 11 is 4.26. The summed E-state index contributed by atoms with van der Waals surface area (Å²) in [6, 6.07) is 2.87. The van der Waals surface area contributed by atoms with Crippen molar-refractivity contribution < 1.29 is 9.18 Å². The lowest BCUT2D eigenvalue weighted by Gasteiger charge is -2.07. The molecule has 20 heavy (non-hydrogen) atoms. The molecule has 1 amide bonds. The van der Waals surface area contributed by atoms with Gasteiger partial charge < -0.3 is 10.6 Å². The van der Waals surface area contributed by atoms with Crippen LogP contribution in [0.2, 0.25) is 0 Å². The van der Waals surface area contributed by atoms with Crippen LogP contribution in [0.5, 0.6) is 0 Å². The van der Waals surface area contributed by atoms with E-state index < -0.39 is 0 Å². The van der Waals surface area contributed by atoms with Crippen molar-refractivity contribution in [3.05, 3.63) is 33.0 Å². The van der Waals surface area contributed by atoms with Gasteiger partial charge in [0.25, 0.3) is 5.91 Å². The van der Waals surface area contributed by atoms with E-state index in [0.717, 1.165) is 0 Å². The Morgan fingerprint density at radius 3 is 2.90 bits per heavy atom. The second-order valence-electron chi connectivity index (χ2n) is 3.98. The van der Waals surface area contributed by atoms with E-state index in [1.54, 1.807) is 6.92 Å². The molecule has 0 aliphatic rings. The monoisotopic (exact) mass is 358 g/mol. The Hall–Kier alpha value is -1.54. The Morgan fingerprint density at radius 2 is 2.20 bits per heavy atom. The van der Waals surface area contributed by atoms with Gasteiger partial charge in [-0.3, -0.25) is 4.79 Å². The zero-order valence-corrected chi connectivity index (χ0v) is 13.2. The number of carbonyl (C=O) groups excluding carboxylic acids is 1. The zero-order chi connectivity index (χ0) is 14.7.